The van der Waals surface area contributed by atoms with Crippen LogP contribution in [0.4, 0.5) is 0 Å². The van der Waals surface area contributed by atoms with E-state index in [0.717, 1.165) is 18.4 Å². The van der Waals surface area contributed by atoms with E-state index >= 15 is 0 Å². The molecule has 202 valence electrons. The number of aliphatic hydroxyl groups is 1. The third kappa shape index (κ3) is 3.46. The van der Waals surface area contributed by atoms with Crippen LogP contribution in [0.1, 0.15) is 63.7 Å². The van der Waals surface area contributed by atoms with Crippen molar-refractivity contribution in [2.45, 2.75) is 77.0 Å². The van der Waals surface area contributed by atoms with Gasteiger partial charge in [-0.1, -0.05) is 25.5 Å². The molecule has 3 saturated carbocycles. The summed E-state index contributed by atoms with van der Waals surface area (Å²) in [5, 5.41) is 14.5. The third-order valence-corrected chi connectivity index (χ3v) is 10.2. The molecular weight excluding hydrogens is 484 g/mol. The number of allylic oxidation sites excluding steroid dienone is 4. The van der Waals surface area contributed by atoms with Gasteiger partial charge in [-0.2, -0.15) is 0 Å². The van der Waals surface area contributed by atoms with Crippen molar-refractivity contribution in [3.8, 4) is 0 Å². The lowest BCUT2D eigenvalue weighted by atomic mass is 9.46. The highest BCUT2D eigenvalue weighted by molar-refractivity contribution is 6.01. The Kier molecular flexibility index (Phi) is 5.66. The minimum Gasteiger partial charge on any atom is -0.393 e. The third-order valence-electron chi connectivity index (χ3n) is 10.2. The molecule has 1 aliphatic heterocycles. The number of aromatic nitrogens is 1. The number of nitrogens with one attached hydrogen (secondary N) is 1. The highest BCUT2D eigenvalue weighted by Gasteiger charge is 2.76. The fourth-order valence-corrected chi connectivity index (χ4v) is 8.81. The number of rotatable bonds is 4. The fraction of sp³-hybridized carbons (Fsp3) is 0.600. The molecule has 8 heteroatoms. The maximum Gasteiger partial charge on any atom is 0.253 e. The molecule has 6 unspecified atom stereocenters. The van der Waals surface area contributed by atoms with Gasteiger partial charge in [0, 0.05) is 29.1 Å². The van der Waals surface area contributed by atoms with E-state index in [4.69, 9.17) is 9.47 Å². The summed E-state index contributed by atoms with van der Waals surface area (Å²) in [4.78, 5) is 43.0. The van der Waals surface area contributed by atoms with Gasteiger partial charge >= 0.3 is 0 Å². The van der Waals surface area contributed by atoms with Gasteiger partial charge in [0.2, 0.25) is 0 Å². The lowest BCUT2D eigenvalue weighted by Crippen LogP contribution is -2.64. The van der Waals surface area contributed by atoms with Crippen LogP contribution >= 0.6 is 0 Å². The Morgan fingerprint density at radius 2 is 2.03 bits per heavy atom. The van der Waals surface area contributed by atoms with Crippen molar-refractivity contribution in [3.05, 3.63) is 53.9 Å². The van der Waals surface area contributed by atoms with E-state index in [-0.39, 0.29) is 41.8 Å². The molecule has 1 aromatic heterocycles. The van der Waals surface area contributed by atoms with Gasteiger partial charge in [-0.05, 0) is 75.7 Å². The highest BCUT2D eigenvalue weighted by Crippen LogP contribution is 2.70. The molecule has 0 spiro atoms. The molecule has 1 amide bonds. The SMILES string of the molecule is CC1(C)O[C@@H]2CC3C4CCC5=CC(=O)C=CC5(C)C4C(O)CC3(C)[C@]2(C(=O)CNC(=O)c2cccnc2)O1. The molecule has 2 N–H and O–H groups in total. The van der Waals surface area contributed by atoms with Crippen LogP contribution in [0.2, 0.25) is 0 Å². The molecular formula is C30H36N2O6. The summed E-state index contributed by atoms with van der Waals surface area (Å²) in [5.74, 6) is -1.41. The summed E-state index contributed by atoms with van der Waals surface area (Å²) < 4.78 is 13.0. The van der Waals surface area contributed by atoms with Crippen LogP contribution in [0.15, 0.2) is 48.3 Å². The van der Waals surface area contributed by atoms with Gasteiger partial charge in [-0.3, -0.25) is 19.4 Å². The summed E-state index contributed by atoms with van der Waals surface area (Å²) in [5.41, 5.74) is -0.906. The predicted octanol–water partition coefficient (Wildman–Crippen LogP) is 3.16. The van der Waals surface area contributed by atoms with Crippen molar-refractivity contribution in [1.82, 2.24) is 10.3 Å². The van der Waals surface area contributed by atoms with Crippen LogP contribution in [0.3, 0.4) is 0 Å². The topological polar surface area (TPSA) is 115 Å². The molecule has 8 nitrogen and oxygen atoms in total. The standard InChI is InChI=1S/C30H36N2O6/c1-27(2)37-24-13-21-20-8-7-18-12-19(33)9-10-28(18,3)25(20)22(34)14-29(21,4)30(24,38-27)23(35)16-32-26(36)17-6-5-11-31-15-17/h5-6,9-12,15,20-22,24-25,34H,7-8,13-14,16H2,1-4H3,(H,32,36)/t20?,21?,22?,24-,25?,28?,29?,30-/m1/s1. The molecule has 0 aromatic carbocycles. The Balaban J connectivity index is 1.33. The second-order valence-electron chi connectivity index (χ2n) is 12.6. The highest BCUT2D eigenvalue weighted by atomic mass is 16.8. The number of carbonyl (C=O) groups is 3. The average molecular weight is 521 g/mol. The van der Waals surface area contributed by atoms with E-state index in [1.165, 1.54) is 6.20 Å². The number of pyridine rings is 1. The number of ketones is 2. The Bertz CT molecular complexity index is 1260. The van der Waals surface area contributed by atoms with Crippen molar-refractivity contribution in [1.29, 1.82) is 0 Å². The molecule has 6 rings (SSSR count). The van der Waals surface area contributed by atoms with E-state index < -0.39 is 34.4 Å². The van der Waals surface area contributed by atoms with Crippen LogP contribution in [0.25, 0.3) is 0 Å². The van der Waals surface area contributed by atoms with Crippen LogP contribution < -0.4 is 5.32 Å². The van der Waals surface area contributed by atoms with Gasteiger partial charge in [0.05, 0.1) is 24.3 Å². The smallest absolute Gasteiger partial charge is 0.253 e. The molecule has 8 atom stereocenters. The summed E-state index contributed by atoms with van der Waals surface area (Å²) in [6.07, 6.45) is 9.88. The first-order chi connectivity index (χ1) is 17.9. The predicted molar refractivity (Wildman–Crippen MR) is 138 cm³/mol. The van der Waals surface area contributed by atoms with Gasteiger partial charge in [0.15, 0.2) is 23.0 Å². The Hall–Kier alpha value is -2.68. The van der Waals surface area contributed by atoms with Crippen molar-refractivity contribution in [3.63, 3.8) is 0 Å². The number of fused-ring (bicyclic) bond motifs is 7. The second-order valence-corrected chi connectivity index (χ2v) is 12.6. The molecule has 1 saturated heterocycles. The minimum absolute atomic E-state index is 0.00312. The summed E-state index contributed by atoms with van der Waals surface area (Å²) in [6.45, 7) is 7.63. The van der Waals surface area contributed by atoms with E-state index in [9.17, 15) is 19.5 Å². The second kappa shape index (κ2) is 8.41. The minimum atomic E-state index is -1.29. The Morgan fingerprint density at radius 1 is 1.24 bits per heavy atom. The number of Topliss-reactive ketones (excluding diaryl/α,β-unsaturated/α-hetero) is 1. The van der Waals surface area contributed by atoms with Crippen molar-refractivity contribution in [2.24, 2.45) is 28.6 Å². The zero-order chi connectivity index (χ0) is 27.1. The van der Waals surface area contributed by atoms with Gasteiger partial charge in [-0.25, -0.2) is 0 Å². The molecule has 38 heavy (non-hydrogen) atoms. The molecule has 2 heterocycles. The molecule has 4 aliphatic carbocycles. The summed E-state index contributed by atoms with van der Waals surface area (Å²) in [7, 11) is 0. The normalized spacial score (nSPS) is 42.4. The van der Waals surface area contributed by atoms with Crippen LogP contribution in [0, 0.1) is 28.6 Å². The molecule has 4 fully saturated rings. The first-order valence-electron chi connectivity index (χ1n) is 13.6. The van der Waals surface area contributed by atoms with Crippen molar-refractivity contribution >= 4 is 17.5 Å². The molecule has 0 bridgehead atoms. The van der Waals surface area contributed by atoms with E-state index in [2.05, 4.69) is 24.1 Å². The zero-order valence-electron chi connectivity index (χ0n) is 22.4. The number of hydrogen-bond acceptors (Lipinski definition) is 7. The molecule has 5 aliphatic rings. The quantitative estimate of drug-likeness (QED) is 0.627. The summed E-state index contributed by atoms with van der Waals surface area (Å²) >= 11 is 0. The Labute approximate surface area is 222 Å². The van der Waals surface area contributed by atoms with Crippen molar-refractivity contribution < 1.29 is 29.0 Å². The molecule has 0 radical (unpaired) electrons. The van der Waals surface area contributed by atoms with Crippen molar-refractivity contribution in [2.75, 3.05) is 6.54 Å². The van der Waals surface area contributed by atoms with Gasteiger partial charge in [0.25, 0.3) is 5.91 Å². The van der Waals surface area contributed by atoms with E-state index in [0.29, 0.717) is 18.4 Å². The van der Waals surface area contributed by atoms with Gasteiger partial charge in [0.1, 0.15) is 0 Å². The van der Waals surface area contributed by atoms with Gasteiger partial charge < -0.3 is 19.9 Å². The first kappa shape index (κ1) is 25.6. The average Bonchev–Trinajstić information content (AvgIpc) is 3.28. The maximum absolute atomic E-state index is 14.2. The van der Waals surface area contributed by atoms with E-state index in [1.807, 2.05) is 19.9 Å². The first-order valence-corrected chi connectivity index (χ1v) is 13.6. The van der Waals surface area contributed by atoms with Crippen LogP contribution in [0.5, 0.6) is 0 Å². The lowest BCUT2D eigenvalue weighted by Gasteiger charge is -2.60. The number of aliphatic hydroxyl groups excluding tert-OH is 1. The molecule has 1 aromatic rings. The maximum atomic E-state index is 14.2. The lowest BCUT2D eigenvalue weighted by molar-refractivity contribution is -0.224. The number of amides is 1. The summed E-state index contributed by atoms with van der Waals surface area (Å²) in [6, 6.07) is 3.32. The zero-order valence-corrected chi connectivity index (χ0v) is 22.4. The van der Waals surface area contributed by atoms with E-state index in [1.54, 1.807) is 30.5 Å². The van der Waals surface area contributed by atoms with Gasteiger partial charge in [-0.15, -0.1) is 0 Å². The van der Waals surface area contributed by atoms with Crippen LogP contribution in [-0.2, 0) is 19.1 Å². The fourth-order valence-electron chi connectivity index (χ4n) is 8.81. The monoisotopic (exact) mass is 520 g/mol. The number of nitrogens with zero attached hydrogens (tertiary/aromatic N) is 1. The number of carbonyl (C=O) groups excluding carboxylic acids is 3. The number of hydrogen-bond donors (Lipinski definition) is 2. The Morgan fingerprint density at radius 3 is 2.76 bits per heavy atom. The largest absolute Gasteiger partial charge is 0.393 e. The van der Waals surface area contributed by atoms with Crippen LogP contribution in [-0.4, -0.2) is 57.7 Å². The number of ether oxygens (including phenoxy) is 2.